The van der Waals surface area contributed by atoms with Gasteiger partial charge in [0.05, 0.1) is 11.4 Å². The molecule has 0 saturated carbocycles. The van der Waals surface area contributed by atoms with E-state index in [0.29, 0.717) is 0 Å². The molecule has 2 aliphatic heterocycles. The van der Waals surface area contributed by atoms with Crippen LogP contribution < -0.4 is 9.80 Å². The molecule has 6 aromatic rings. The molecule has 0 fully saturated rings. The first-order valence-electron chi connectivity index (χ1n) is 13.7. The normalized spacial score (nSPS) is 17.1. The molecule has 0 spiro atoms. The fourth-order valence-electron chi connectivity index (χ4n) is 7.09. The van der Waals surface area contributed by atoms with Crippen LogP contribution in [-0.4, -0.2) is 6.17 Å². The summed E-state index contributed by atoms with van der Waals surface area (Å²) in [7, 11) is 0. The molecule has 1 unspecified atom stereocenters. The van der Waals surface area contributed by atoms with Crippen LogP contribution in [0.3, 0.4) is 0 Å². The van der Waals surface area contributed by atoms with E-state index in [1.165, 1.54) is 45.0 Å². The van der Waals surface area contributed by atoms with Crippen LogP contribution in [0.5, 0.6) is 0 Å². The van der Waals surface area contributed by atoms with Gasteiger partial charge in [0.25, 0.3) is 0 Å². The topological polar surface area (TPSA) is 19.6 Å². The Morgan fingerprint density at radius 2 is 1.38 bits per heavy atom. The minimum absolute atomic E-state index is 0.0772. The first-order chi connectivity index (χ1) is 18.9. The van der Waals surface area contributed by atoms with Crippen molar-refractivity contribution in [3.05, 3.63) is 120 Å². The highest BCUT2D eigenvalue weighted by Gasteiger charge is 2.53. The molecule has 8 rings (SSSR count). The first-order valence-corrected chi connectivity index (χ1v) is 13.7. The first kappa shape index (κ1) is 22.5. The lowest BCUT2D eigenvalue weighted by molar-refractivity contribution is 0.451. The van der Waals surface area contributed by atoms with Crippen molar-refractivity contribution < 1.29 is 4.42 Å². The third-order valence-electron chi connectivity index (χ3n) is 8.69. The van der Waals surface area contributed by atoms with Crippen molar-refractivity contribution in [3.63, 3.8) is 0 Å². The molecular weight excluding hydrogens is 476 g/mol. The zero-order valence-corrected chi connectivity index (χ0v) is 22.7. The molecule has 0 saturated heterocycles. The van der Waals surface area contributed by atoms with E-state index in [4.69, 9.17) is 4.42 Å². The second kappa shape index (κ2) is 7.77. The molecule has 0 amide bonds. The Hall–Kier alpha value is -4.50. The molecule has 0 bridgehead atoms. The van der Waals surface area contributed by atoms with Gasteiger partial charge in [0.1, 0.15) is 17.3 Å². The predicted molar refractivity (Wildman–Crippen MR) is 163 cm³/mol. The Morgan fingerprint density at radius 3 is 2.23 bits per heavy atom. The number of furan rings is 1. The average molecular weight is 507 g/mol. The van der Waals surface area contributed by atoms with Crippen molar-refractivity contribution in [2.75, 3.05) is 9.80 Å². The van der Waals surface area contributed by atoms with E-state index in [1.54, 1.807) is 0 Å². The van der Waals surface area contributed by atoms with Crippen LogP contribution >= 0.6 is 0 Å². The highest BCUT2D eigenvalue weighted by molar-refractivity contribution is 6.10. The Balaban J connectivity index is 1.38. The van der Waals surface area contributed by atoms with Gasteiger partial charge in [-0.2, -0.15) is 0 Å². The Morgan fingerprint density at radius 1 is 0.641 bits per heavy atom. The van der Waals surface area contributed by atoms with Gasteiger partial charge in [0, 0.05) is 33.1 Å². The standard InChI is InChI=1S/C36H30N2O/c1-22-18-23(2)20-25(19-22)37-31-17-16-24(26-11-9-12-28-27-10-5-8-15-33(27)39-34(26)28)21-32(31)38-30-14-7-6-13-29(30)36(3,4)35(37)38/h5-21,35H,1-4H3. The average Bonchev–Trinajstić information content (AvgIpc) is 3.55. The molecule has 0 aliphatic carbocycles. The fraction of sp³-hybridized carbons (Fsp3) is 0.167. The second-order valence-electron chi connectivity index (χ2n) is 11.7. The van der Waals surface area contributed by atoms with Crippen LogP contribution in [0.2, 0.25) is 0 Å². The summed E-state index contributed by atoms with van der Waals surface area (Å²) in [5, 5.41) is 2.32. The maximum Gasteiger partial charge on any atom is 0.143 e. The SMILES string of the molecule is Cc1cc(C)cc(N2c3ccc(-c4cccc5c4oc4ccccc45)cc3N3c4ccccc4C(C)(C)C23)c1. The molecule has 5 aromatic carbocycles. The molecular formula is C36H30N2O. The number of fused-ring (bicyclic) bond motifs is 8. The number of nitrogens with zero attached hydrogens (tertiary/aromatic N) is 2. The Bertz CT molecular complexity index is 1930. The van der Waals surface area contributed by atoms with E-state index in [9.17, 15) is 0 Å². The molecule has 2 aliphatic rings. The number of aryl methyl sites for hydroxylation is 2. The lowest BCUT2D eigenvalue weighted by atomic mass is 9.83. The van der Waals surface area contributed by atoms with Crippen LogP contribution in [0.4, 0.5) is 22.7 Å². The third kappa shape index (κ3) is 3.04. The molecule has 39 heavy (non-hydrogen) atoms. The predicted octanol–water partition coefficient (Wildman–Crippen LogP) is 9.78. The lowest BCUT2D eigenvalue weighted by Gasteiger charge is -2.37. The third-order valence-corrected chi connectivity index (χ3v) is 8.69. The van der Waals surface area contributed by atoms with Crippen LogP contribution in [0.1, 0.15) is 30.5 Å². The summed E-state index contributed by atoms with van der Waals surface area (Å²) in [6.45, 7) is 9.15. The molecule has 3 heterocycles. The molecule has 0 radical (unpaired) electrons. The van der Waals surface area contributed by atoms with Crippen LogP contribution in [0, 0.1) is 13.8 Å². The van der Waals surface area contributed by atoms with Gasteiger partial charge in [-0.05, 0) is 72.5 Å². The van der Waals surface area contributed by atoms with E-state index in [0.717, 1.165) is 27.5 Å². The van der Waals surface area contributed by atoms with Crippen molar-refractivity contribution in [2.45, 2.75) is 39.3 Å². The van der Waals surface area contributed by atoms with Crippen molar-refractivity contribution in [3.8, 4) is 11.1 Å². The van der Waals surface area contributed by atoms with E-state index in [2.05, 4.69) is 135 Å². The van der Waals surface area contributed by atoms with E-state index < -0.39 is 0 Å². The monoisotopic (exact) mass is 506 g/mol. The molecule has 0 N–H and O–H groups in total. The number of rotatable bonds is 2. The van der Waals surface area contributed by atoms with Crippen LogP contribution in [0.15, 0.2) is 108 Å². The zero-order chi connectivity index (χ0) is 26.5. The molecule has 1 aromatic heterocycles. The largest absolute Gasteiger partial charge is 0.455 e. The van der Waals surface area contributed by atoms with Gasteiger partial charge < -0.3 is 14.2 Å². The number of benzene rings is 5. The summed E-state index contributed by atoms with van der Waals surface area (Å²) in [5.74, 6) is 0. The van der Waals surface area contributed by atoms with E-state index >= 15 is 0 Å². The summed E-state index contributed by atoms with van der Waals surface area (Å²) >= 11 is 0. The van der Waals surface area contributed by atoms with Crippen molar-refractivity contribution in [1.29, 1.82) is 0 Å². The van der Waals surface area contributed by atoms with Crippen molar-refractivity contribution in [2.24, 2.45) is 0 Å². The van der Waals surface area contributed by atoms with Gasteiger partial charge in [-0.15, -0.1) is 0 Å². The van der Waals surface area contributed by atoms with Gasteiger partial charge in [0.2, 0.25) is 0 Å². The van der Waals surface area contributed by atoms with E-state index in [1.807, 2.05) is 6.07 Å². The summed E-state index contributed by atoms with van der Waals surface area (Å²) in [6.07, 6.45) is 0.142. The highest BCUT2D eigenvalue weighted by Crippen LogP contribution is 2.59. The molecule has 3 heteroatoms. The molecule has 3 nitrogen and oxygen atoms in total. The quantitative estimate of drug-likeness (QED) is 0.233. The van der Waals surface area contributed by atoms with Crippen molar-refractivity contribution >= 4 is 44.7 Å². The summed E-state index contributed by atoms with van der Waals surface area (Å²) in [6, 6.07) is 37.5. The second-order valence-corrected chi connectivity index (χ2v) is 11.7. The minimum atomic E-state index is -0.0772. The molecule has 1 atom stereocenters. The van der Waals surface area contributed by atoms with Crippen LogP contribution in [-0.2, 0) is 5.41 Å². The number of hydrogen-bond donors (Lipinski definition) is 0. The number of hydrogen-bond acceptors (Lipinski definition) is 3. The minimum Gasteiger partial charge on any atom is -0.455 e. The maximum atomic E-state index is 6.43. The zero-order valence-electron chi connectivity index (χ0n) is 22.7. The number of para-hydroxylation sites is 3. The summed E-state index contributed by atoms with van der Waals surface area (Å²) in [4.78, 5) is 5.12. The summed E-state index contributed by atoms with van der Waals surface area (Å²) < 4.78 is 6.43. The summed E-state index contributed by atoms with van der Waals surface area (Å²) in [5.41, 5.74) is 13.1. The Labute approximate surface area is 228 Å². The highest BCUT2D eigenvalue weighted by atomic mass is 16.3. The maximum absolute atomic E-state index is 6.43. The van der Waals surface area contributed by atoms with Gasteiger partial charge >= 0.3 is 0 Å². The molecule has 190 valence electrons. The van der Waals surface area contributed by atoms with Crippen molar-refractivity contribution in [1.82, 2.24) is 0 Å². The van der Waals surface area contributed by atoms with Gasteiger partial charge in [-0.25, -0.2) is 0 Å². The number of anilines is 4. The Kier molecular flexibility index (Phi) is 4.48. The van der Waals surface area contributed by atoms with E-state index in [-0.39, 0.29) is 11.6 Å². The van der Waals surface area contributed by atoms with Gasteiger partial charge in [-0.1, -0.05) is 80.6 Å². The van der Waals surface area contributed by atoms with Gasteiger partial charge in [0.15, 0.2) is 0 Å². The lowest BCUT2D eigenvalue weighted by Crippen LogP contribution is -2.46. The van der Waals surface area contributed by atoms with Gasteiger partial charge in [-0.3, -0.25) is 0 Å². The smallest absolute Gasteiger partial charge is 0.143 e. The van der Waals surface area contributed by atoms with Crippen LogP contribution in [0.25, 0.3) is 33.1 Å². The fourth-order valence-corrected chi connectivity index (χ4v) is 7.09.